The fourth-order valence-corrected chi connectivity index (χ4v) is 2.63. The number of carbonyl (C=O) groups excluding carboxylic acids is 1. The quantitative estimate of drug-likeness (QED) is 0.316. The van der Waals surface area contributed by atoms with Gasteiger partial charge in [-0.3, -0.25) is 4.18 Å². The van der Waals surface area contributed by atoms with Gasteiger partial charge in [-0.2, -0.15) is 0 Å². The molecule has 0 radical (unpaired) electrons. The molecule has 0 fully saturated rings. The second-order valence-electron chi connectivity index (χ2n) is 5.29. The molecule has 0 saturated carbocycles. The number of benzene rings is 1. The van der Waals surface area contributed by atoms with E-state index in [0.29, 0.717) is 25.5 Å². The van der Waals surface area contributed by atoms with Crippen molar-refractivity contribution < 1.29 is 31.4 Å². The first kappa shape index (κ1) is 24.7. The molecular formula is C16H27NO7S2. The van der Waals surface area contributed by atoms with E-state index in [-0.39, 0.29) is 10.9 Å². The lowest BCUT2D eigenvalue weighted by atomic mass is 10.1. The van der Waals surface area contributed by atoms with Gasteiger partial charge in [0.25, 0.3) is 0 Å². The number of ether oxygens (including phenoxy) is 2. The van der Waals surface area contributed by atoms with Crippen molar-refractivity contribution >= 4 is 27.4 Å². The largest absolute Gasteiger partial charge is 0.726 e. The van der Waals surface area contributed by atoms with Gasteiger partial charge in [0.15, 0.2) is 4.90 Å². The molecule has 0 heterocycles. The molecule has 1 aromatic carbocycles. The Balaban J connectivity index is 0.000000896. The van der Waals surface area contributed by atoms with Crippen molar-refractivity contribution in [2.24, 2.45) is 0 Å². The van der Waals surface area contributed by atoms with E-state index in [4.69, 9.17) is 9.47 Å². The van der Waals surface area contributed by atoms with E-state index >= 15 is 0 Å². The number of hydrogen-bond acceptors (Lipinski definition) is 7. The Kier molecular flexibility index (Phi) is 11.5. The Hall–Kier alpha value is -1.33. The molecule has 150 valence electrons. The fourth-order valence-electron chi connectivity index (χ4n) is 1.81. The van der Waals surface area contributed by atoms with Gasteiger partial charge in [0.1, 0.15) is 18.3 Å². The molecule has 0 aromatic heterocycles. The Morgan fingerprint density at radius 3 is 2.12 bits per heavy atom. The smallest absolute Gasteiger partial charge is 0.412 e. The molecule has 1 rings (SSSR count). The predicted molar refractivity (Wildman–Crippen MR) is 101 cm³/mol. The molecule has 8 nitrogen and oxygen atoms in total. The highest BCUT2D eigenvalue weighted by Gasteiger charge is 2.16. The first-order chi connectivity index (χ1) is 12.0. The number of amides is 1. The number of rotatable bonds is 7. The van der Waals surface area contributed by atoms with Crippen LogP contribution in [-0.2, 0) is 30.2 Å². The molecule has 0 aliphatic heterocycles. The van der Waals surface area contributed by atoms with Crippen LogP contribution < -0.4 is 10.1 Å². The molecule has 0 aliphatic carbocycles. The van der Waals surface area contributed by atoms with Gasteiger partial charge in [0, 0.05) is 24.0 Å². The van der Waals surface area contributed by atoms with Crippen molar-refractivity contribution in [2.75, 3.05) is 39.4 Å². The Morgan fingerprint density at radius 1 is 1.23 bits per heavy atom. The molecule has 0 atom stereocenters. The summed E-state index contributed by atoms with van der Waals surface area (Å²) >= 11 is 0. The fraction of sp³-hybridized carbons (Fsp3) is 0.562. The zero-order chi connectivity index (χ0) is 20.3. The lowest BCUT2D eigenvalue weighted by molar-refractivity contribution is 0.145. The molecule has 0 bridgehead atoms. The highest BCUT2D eigenvalue weighted by atomic mass is 32.3. The first-order valence-corrected chi connectivity index (χ1v) is 11.1. The summed E-state index contributed by atoms with van der Waals surface area (Å²) in [5.74, 6) is 0.646. The van der Waals surface area contributed by atoms with Gasteiger partial charge in [-0.1, -0.05) is 0 Å². The summed E-state index contributed by atoms with van der Waals surface area (Å²) < 4.78 is 41.6. The van der Waals surface area contributed by atoms with Crippen LogP contribution in [-0.4, -0.2) is 58.4 Å². The van der Waals surface area contributed by atoms with Crippen molar-refractivity contribution in [1.29, 1.82) is 0 Å². The SMILES string of the molecule is CCOCCNC(=O)Oc1c(C)cc([S+](C)C)cc1C.COS(=O)(=O)[O-]. The van der Waals surface area contributed by atoms with Crippen molar-refractivity contribution in [2.45, 2.75) is 25.7 Å². The van der Waals surface area contributed by atoms with Gasteiger partial charge in [0.05, 0.1) is 13.7 Å². The van der Waals surface area contributed by atoms with Crippen LogP contribution in [0.15, 0.2) is 17.0 Å². The molecule has 26 heavy (non-hydrogen) atoms. The first-order valence-electron chi connectivity index (χ1n) is 7.75. The standard InChI is InChI=1S/C15H23NO3S.CH4O4S/c1-6-18-8-7-16-15(17)19-14-11(2)9-13(20(4)5)10-12(14)3;1-5-6(2,3)4/h9-10H,6-8H2,1-5H3;1H3,(H,2,3,4). The summed E-state index contributed by atoms with van der Waals surface area (Å²) in [5, 5.41) is 2.67. The average molecular weight is 410 g/mol. The molecule has 1 N–H and O–H groups in total. The summed E-state index contributed by atoms with van der Waals surface area (Å²) in [4.78, 5) is 13.0. The normalized spacial score (nSPS) is 10.9. The van der Waals surface area contributed by atoms with Crippen LogP contribution in [0.2, 0.25) is 0 Å². The van der Waals surface area contributed by atoms with E-state index in [9.17, 15) is 17.8 Å². The Bertz CT molecular complexity index is 652. The predicted octanol–water partition coefficient (Wildman–Crippen LogP) is 1.76. The molecule has 10 heteroatoms. The Morgan fingerprint density at radius 2 is 1.73 bits per heavy atom. The second-order valence-corrected chi connectivity index (χ2v) is 8.55. The van der Waals surface area contributed by atoms with E-state index < -0.39 is 16.5 Å². The zero-order valence-corrected chi connectivity index (χ0v) is 17.6. The maximum absolute atomic E-state index is 11.7. The highest BCUT2D eigenvalue weighted by molar-refractivity contribution is 7.95. The van der Waals surface area contributed by atoms with E-state index in [2.05, 4.69) is 34.1 Å². The topological polar surface area (TPSA) is 114 Å². The van der Waals surface area contributed by atoms with Crippen LogP contribution in [0.25, 0.3) is 0 Å². The van der Waals surface area contributed by atoms with Gasteiger partial charge in [-0.05, 0) is 44.0 Å². The van der Waals surface area contributed by atoms with Crippen LogP contribution in [0, 0.1) is 13.8 Å². The van der Waals surface area contributed by atoms with Crippen LogP contribution >= 0.6 is 0 Å². The lowest BCUT2D eigenvalue weighted by Crippen LogP contribution is -2.30. The van der Waals surface area contributed by atoms with Gasteiger partial charge in [-0.15, -0.1) is 0 Å². The van der Waals surface area contributed by atoms with Gasteiger partial charge < -0.3 is 19.3 Å². The molecular weight excluding hydrogens is 382 g/mol. The van der Waals surface area contributed by atoms with Crippen LogP contribution in [0.4, 0.5) is 4.79 Å². The molecule has 0 spiro atoms. The number of carbonyl (C=O) groups is 1. The van der Waals surface area contributed by atoms with Crippen LogP contribution in [0.3, 0.4) is 0 Å². The third-order valence-electron chi connectivity index (χ3n) is 3.02. The average Bonchev–Trinajstić information content (AvgIpc) is 2.54. The van der Waals surface area contributed by atoms with Crippen molar-refractivity contribution in [3.05, 3.63) is 23.3 Å². The van der Waals surface area contributed by atoms with E-state index in [1.807, 2.05) is 20.8 Å². The van der Waals surface area contributed by atoms with Crippen molar-refractivity contribution in [1.82, 2.24) is 5.32 Å². The lowest BCUT2D eigenvalue weighted by Gasteiger charge is -2.12. The zero-order valence-electron chi connectivity index (χ0n) is 16.0. The number of aryl methyl sites for hydroxylation is 2. The minimum absolute atomic E-state index is 0.200. The van der Waals surface area contributed by atoms with E-state index in [0.717, 1.165) is 18.2 Å². The van der Waals surface area contributed by atoms with Gasteiger partial charge in [0.2, 0.25) is 10.4 Å². The molecule has 0 unspecified atom stereocenters. The van der Waals surface area contributed by atoms with Gasteiger partial charge >= 0.3 is 6.09 Å². The third-order valence-corrected chi connectivity index (χ3v) is 4.61. The van der Waals surface area contributed by atoms with Gasteiger partial charge in [-0.25, -0.2) is 13.2 Å². The van der Waals surface area contributed by atoms with E-state index in [1.165, 1.54) is 4.90 Å². The molecule has 1 amide bonds. The third kappa shape index (κ3) is 10.6. The van der Waals surface area contributed by atoms with Crippen molar-refractivity contribution in [3.63, 3.8) is 0 Å². The summed E-state index contributed by atoms with van der Waals surface area (Å²) in [5.41, 5.74) is 1.97. The minimum atomic E-state index is -4.41. The summed E-state index contributed by atoms with van der Waals surface area (Å²) in [6, 6.07) is 4.16. The molecule has 0 saturated heterocycles. The van der Waals surface area contributed by atoms with Crippen molar-refractivity contribution in [3.8, 4) is 5.75 Å². The maximum atomic E-state index is 11.7. The summed E-state index contributed by atoms with van der Waals surface area (Å²) in [6.07, 6.45) is 3.92. The number of hydrogen-bond donors (Lipinski definition) is 1. The Labute approximate surface area is 158 Å². The van der Waals surface area contributed by atoms with Crippen LogP contribution in [0.1, 0.15) is 18.1 Å². The maximum Gasteiger partial charge on any atom is 0.412 e. The highest BCUT2D eigenvalue weighted by Crippen LogP contribution is 2.27. The molecule has 1 aromatic rings. The monoisotopic (exact) mass is 409 g/mol. The number of nitrogens with one attached hydrogen (secondary N) is 1. The summed E-state index contributed by atoms with van der Waals surface area (Å²) in [6.45, 7) is 7.44. The minimum Gasteiger partial charge on any atom is -0.726 e. The van der Waals surface area contributed by atoms with E-state index in [1.54, 1.807) is 0 Å². The second kappa shape index (κ2) is 12.1. The van der Waals surface area contributed by atoms with Crippen LogP contribution in [0.5, 0.6) is 5.75 Å². The molecule has 0 aliphatic rings. The summed E-state index contributed by atoms with van der Waals surface area (Å²) in [7, 11) is -3.40.